The normalized spacial score (nSPS) is 10.9. The number of benzene rings is 2. The number of amides is 1. The number of hydrogen-bond donors (Lipinski definition) is 2. The average Bonchev–Trinajstić information content (AvgIpc) is 2.49. The van der Waals surface area contributed by atoms with Crippen molar-refractivity contribution in [2.45, 2.75) is 18.7 Å². The second-order valence-electron chi connectivity index (χ2n) is 4.74. The summed E-state index contributed by atoms with van der Waals surface area (Å²) >= 11 is 0. The Morgan fingerprint density at radius 1 is 1.13 bits per heavy atom. The van der Waals surface area contributed by atoms with Crippen molar-refractivity contribution in [1.82, 2.24) is 0 Å². The van der Waals surface area contributed by atoms with Gasteiger partial charge in [0.25, 0.3) is 10.0 Å². The summed E-state index contributed by atoms with van der Waals surface area (Å²) in [7, 11) is -3.76. The topological polar surface area (TPSA) is 84.5 Å². The van der Waals surface area contributed by atoms with E-state index in [0.29, 0.717) is 23.7 Å². The molecule has 0 aliphatic carbocycles. The van der Waals surface area contributed by atoms with E-state index in [2.05, 4.69) is 10.0 Å². The highest BCUT2D eigenvalue weighted by atomic mass is 32.2. The van der Waals surface area contributed by atoms with Gasteiger partial charge in [-0.3, -0.25) is 9.52 Å². The summed E-state index contributed by atoms with van der Waals surface area (Å²) in [6, 6.07) is 12.9. The largest absolute Gasteiger partial charge is 0.492 e. The summed E-state index contributed by atoms with van der Waals surface area (Å²) in [6.07, 6.45) is 0. The molecule has 0 fully saturated rings. The van der Waals surface area contributed by atoms with Crippen LogP contribution in [-0.4, -0.2) is 20.9 Å². The minimum Gasteiger partial charge on any atom is -0.492 e. The van der Waals surface area contributed by atoms with Crippen molar-refractivity contribution < 1.29 is 17.9 Å². The lowest BCUT2D eigenvalue weighted by Gasteiger charge is -2.13. The van der Waals surface area contributed by atoms with Crippen LogP contribution < -0.4 is 14.8 Å². The van der Waals surface area contributed by atoms with Crippen LogP contribution in [0, 0.1) is 0 Å². The molecule has 0 aliphatic heterocycles. The third-order valence-electron chi connectivity index (χ3n) is 2.90. The first-order valence-corrected chi connectivity index (χ1v) is 8.53. The van der Waals surface area contributed by atoms with E-state index >= 15 is 0 Å². The van der Waals surface area contributed by atoms with E-state index in [1.165, 1.54) is 25.1 Å². The monoisotopic (exact) mass is 334 g/mol. The first-order chi connectivity index (χ1) is 10.9. The van der Waals surface area contributed by atoms with Crippen LogP contribution in [0.25, 0.3) is 0 Å². The van der Waals surface area contributed by atoms with Crippen molar-refractivity contribution in [3.63, 3.8) is 0 Å². The first-order valence-electron chi connectivity index (χ1n) is 7.04. The van der Waals surface area contributed by atoms with E-state index < -0.39 is 10.0 Å². The number of carbonyl (C=O) groups is 1. The number of para-hydroxylation sites is 1. The molecule has 7 heteroatoms. The Labute approximate surface area is 135 Å². The molecule has 6 nitrogen and oxygen atoms in total. The molecule has 2 N–H and O–H groups in total. The van der Waals surface area contributed by atoms with E-state index in [0.717, 1.165) is 0 Å². The van der Waals surface area contributed by atoms with E-state index in [-0.39, 0.29) is 10.8 Å². The molecule has 0 spiro atoms. The Hall–Kier alpha value is -2.54. The zero-order valence-electron chi connectivity index (χ0n) is 12.9. The number of sulfonamides is 1. The molecule has 0 saturated heterocycles. The van der Waals surface area contributed by atoms with Crippen molar-refractivity contribution in [3.05, 3.63) is 48.5 Å². The highest BCUT2D eigenvalue weighted by molar-refractivity contribution is 7.92. The Morgan fingerprint density at radius 2 is 1.83 bits per heavy atom. The molecule has 2 aromatic carbocycles. The molecule has 0 saturated carbocycles. The summed E-state index contributed by atoms with van der Waals surface area (Å²) < 4.78 is 32.8. The zero-order chi connectivity index (χ0) is 16.9. The van der Waals surface area contributed by atoms with Gasteiger partial charge < -0.3 is 10.1 Å². The van der Waals surface area contributed by atoms with Crippen LogP contribution in [0.4, 0.5) is 11.4 Å². The van der Waals surface area contributed by atoms with Crippen molar-refractivity contribution in [1.29, 1.82) is 0 Å². The Bertz CT molecular complexity index is 789. The Kier molecular flexibility index (Phi) is 5.23. The van der Waals surface area contributed by atoms with Gasteiger partial charge in [0.15, 0.2) is 0 Å². The number of carbonyl (C=O) groups excluding carboxylic acids is 1. The molecule has 23 heavy (non-hydrogen) atoms. The maximum Gasteiger partial charge on any atom is 0.261 e. The molecular weight excluding hydrogens is 316 g/mol. The molecule has 1 amide bonds. The van der Waals surface area contributed by atoms with Crippen LogP contribution in [0.1, 0.15) is 13.8 Å². The fraction of sp³-hybridized carbons (Fsp3) is 0.188. The zero-order valence-corrected chi connectivity index (χ0v) is 13.7. The molecule has 0 unspecified atom stereocenters. The van der Waals surface area contributed by atoms with Crippen LogP contribution in [0.15, 0.2) is 53.4 Å². The van der Waals surface area contributed by atoms with Gasteiger partial charge in [0, 0.05) is 12.6 Å². The minimum absolute atomic E-state index is 0.0357. The molecule has 0 bridgehead atoms. The highest BCUT2D eigenvalue weighted by Crippen LogP contribution is 2.28. The van der Waals surface area contributed by atoms with Crippen molar-refractivity contribution in [2.24, 2.45) is 0 Å². The second-order valence-corrected chi connectivity index (χ2v) is 6.43. The number of rotatable bonds is 6. The van der Waals surface area contributed by atoms with E-state index in [1.54, 1.807) is 37.3 Å². The molecule has 2 rings (SSSR count). The fourth-order valence-corrected chi connectivity index (χ4v) is 3.05. The van der Waals surface area contributed by atoms with Gasteiger partial charge in [-0.2, -0.15) is 0 Å². The smallest absolute Gasteiger partial charge is 0.261 e. The van der Waals surface area contributed by atoms with Crippen LogP contribution in [0.2, 0.25) is 0 Å². The number of anilines is 2. The SMILES string of the molecule is CCOc1ccc(S(=O)(=O)Nc2ccccc2)cc1NC(C)=O. The van der Waals surface area contributed by atoms with Gasteiger partial charge >= 0.3 is 0 Å². The number of hydrogen-bond acceptors (Lipinski definition) is 4. The third-order valence-corrected chi connectivity index (χ3v) is 4.28. The van der Waals surface area contributed by atoms with Gasteiger partial charge in [0.2, 0.25) is 5.91 Å². The third kappa shape index (κ3) is 4.46. The minimum atomic E-state index is -3.76. The summed E-state index contributed by atoms with van der Waals surface area (Å²) in [6.45, 7) is 3.55. The van der Waals surface area contributed by atoms with Crippen LogP contribution in [0.3, 0.4) is 0 Å². The quantitative estimate of drug-likeness (QED) is 0.851. The lowest BCUT2D eigenvalue weighted by atomic mass is 10.3. The molecule has 122 valence electrons. The summed E-state index contributed by atoms with van der Waals surface area (Å²) in [5.41, 5.74) is 0.776. The van der Waals surface area contributed by atoms with Crippen LogP contribution in [0.5, 0.6) is 5.75 Å². The van der Waals surface area contributed by atoms with Gasteiger partial charge in [-0.1, -0.05) is 18.2 Å². The predicted octanol–water partition coefficient (Wildman–Crippen LogP) is 2.84. The fourth-order valence-electron chi connectivity index (χ4n) is 1.97. The first kappa shape index (κ1) is 16.8. The highest BCUT2D eigenvalue weighted by Gasteiger charge is 2.17. The van der Waals surface area contributed by atoms with Crippen molar-refractivity contribution in [3.8, 4) is 5.75 Å². The Balaban J connectivity index is 2.36. The van der Waals surface area contributed by atoms with E-state index in [9.17, 15) is 13.2 Å². The molecule has 0 heterocycles. The van der Waals surface area contributed by atoms with Crippen molar-refractivity contribution in [2.75, 3.05) is 16.6 Å². The predicted molar refractivity (Wildman–Crippen MR) is 89.2 cm³/mol. The van der Waals surface area contributed by atoms with Crippen LogP contribution >= 0.6 is 0 Å². The lowest BCUT2D eigenvalue weighted by molar-refractivity contribution is -0.114. The number of nitrogens with one attached hydrogen (secondary N) is 2. The molecular formula is C16H18N2O4S. The van der Waals surface area contributed by atoms with E-state index in [1.807, 2.05) is 0 Å². The Morgan fingerprint density at radius 3 is 2.43 bits per heavy atom. The van der Waals surface area contributed by atoms with Gasteiger partial charge in [0.05, 0.1) is 17.2 Å². The maximum atomic E-state index is 12.4. The van der Waals surface area contributed by atoms with Crippen LogP contribution in [-0.2, 0) is 14.8 Å². The van der Waals surface area contributed by atoms with Gasteiger partial charge in [-0.05, 0) is 37.3 Å². The van der Waals surface area contributed by atoms with Gasteiger partial charge in [0.1, 0.15) is 5.75 Å². The van der Waals surface area contributed by atoms with Gasteiger partial charge in [-0.25, -0.2) is 8.42 Å². The second kappa shape index (κ2) is 7.15. The van der Waals surface area contributed by atoms with Crippen molar-refractivity contribution >= 4 is 27.3 Å². The molecule has 0 aromatic heterocycles. The average molecular weight is 334 g/mol. The lowest BCUT2D eigenvalue weighted by Crippen LogP contribution is -2.14. The van der Waals surface area contributed by atoms with E-state index in [4.69, 9.17) is 4.74 Å². The molecule has 0 radical (unpaired) electrons. The maximum absolute atomic E-state index is 12.4. The summed E-state index contributed by atoms with van der Waals surface area (Å²) in [5, 5.41) is 2.58. The molecule has 0 aliphatic rings. The standard InChI is InChI=1S/C16H18N2O4S/c1-3-22-16-10-9-14(11-15(16)17-12(2)19)23(20,21)18-13-7-5-4-6-8-13/h4-11,18H,3H2,1-2H3,(H,17,19). The molecule has 0 atom stereocenters. The number of ether oxygens (including phenoxy) is 1. The van der Waals surface area contributed by atoms with Gasteiger partial charge in [-0.15, -0.1) is 0 Å². The summed E-state index contributed by atoms with van der Waals surface area (Å²) in [5.74, 6) is 0.109. The summed E-state index contributed by atoms with van der Waals surface area (Å²) in [4.78, 5) is 11.3. The molecule has 2 aromatic rings.